The summed E-state index contributed by atoms with van der Waals surface area (Å²) in [4.78, 5) is 24.7. The minimum absolute atomic E-state index is 0.113. The van der Waals surface area contributed by atoms with Crippen LogP contribution < -0.4 is 0 Å². The maximum absolute atomic E-state index is 12.5. The lowest BCUT2D eigenvalue weighted by atomic mass is 10.0. The molecular weight excluding hydrogens is 324 g/mol. The summed E-state index contributed by atoms with van der Waals surface area (Å²) < 4.78 is 2.28. The second-order valence-corrected chi connectivity index (χ2v) is 7.48. The van der Waals surface area contributed by atoms with E-state index in [0.717, 1.165) is 44.2 Å². The van der Waals surface area contributed by atoms with Crippen LogP contribution in [0, 0.1) is 5.92 Å². The Morgan fingerprint density at radius 2 is 2.38 bits per heavy atom. The first kappa shape index (κ1) is 15.8. The number of hydrogen-bond acceptors (Lipinski definition) is 5. The van der Waals surface area contributed by atoms with Gasteiger partial charge in [0, 0.05) is 49.5 Å². The van der Waals surface area contributed by atoms with E-state index in [2.05, 4.69) is 32.8 Å². The molecule has 1 saturated heterocycles. The number of hydrogen-bond donors (Lipinski definition) is 0. The molecule has 4 rings (SSSR count). The van der Waals surface area contributed by atoms with Gasteiger partial charge in [-0.15, -0.1) is 11.3 Å². The number of rotatable bonds is 4. The number of carbonyl (C=O) groups excluding carboxylic acids is 1. The minimum atomic E-state index is 0.113. The van der Waals surface area contributed by atoms with Crippen molar-refractivity contribution in [3.05, 3.63) is 40.6 Å². The van der Waals surface area contributed by atoms with E-state index in [9.17, 15) is 4.79 Å². The maximum atomic E-state index is 12.5. The molecule has 128 valence electrons. The lowest BCUT2D eigenvalue weighted by Crippen LogP contribution is -2.33. The molecule has 0 radical (unpaired) electrons. The number of nitrogens with zero attached hydrogens (tertiary/aromatic N) is 4. The third-order valence-electron chi connectivity index (χ3n) is 4.62. The minimum Gasteiger partial charge on any atom is -0.350 e. The SMILES string of the molecule is O=C(CC1CN(Cc2nccs2)Cc2cccn2C1)N1CCCO1. The molecule has 1 atom stereocenters. The van der Waals surface area contributed by atoms with E-state index in [0.29, 0.717) is 13.0 Å². The van der Waals surface area contributed by atoms with Crippen molar-refractivity contribution in [1.29, 1.82) is 0 Å². The molecule has 0 aliphatic carbocycles. The van der Waals surface area contributed by atoms with E-state index in [4.69, 9.17) is 4.84 Å². The molecule has 2 aliphatic heterocycles. The van der Waals surface area contributed by atoms with Crippen molar-refractivity contribution in [2.45, 2.75) is 32.5 Å². The number of hydroxylamine groups is 2. The number of amides is 1. The van der Waals surface area contributed by atoms with E-state index in [1.165, 1.54) is 5.69 Å². The van der Waals surface area contributed by atoms with Crippen LogP contribution in [0.2, 0.25) is 0 Å². The van der Waals surface area contributed by atoms with Gasteiger partial charge in [0.15, 0.2) is 0 Å². The molecule has 0 spiro atoms. The van der Waals surface area contributed by atoms with Gasteiger partial charge in [0.05, 0.1) is 19.7 Å². The molecule has 0 saturated carbocycles. The third kappa shape index (κ3) is 3.53. The zero-order valence-electron chi connectivity index (χ0n) is 13.6. The summed E-state index contributed by atoms with van der Waals surface area (Å²) in [5, 5.41) is 4.69. The molecule has 0 N–H and O–H groups in total. The van der Waals surface area contributed by atoms with Gasteiger partial charge in [0.25, 0.3) is 0 Å². The Morgan fingerprint density at radius 1 is 1.42 bits per heavy atom. The van der Waals surface area contributed by atoms with Gasteiger partial charge in [-0.2, -0.15) is 0 Å². The molecule has 7 heteroatoms. The van der Waals surface area contributed by atoms with E-state index < -0.39 is 0 Å². The summed E-state index contributed by atoms with van der Waals surface area (Å²) in [6.07, 6.45) is 5.44. The highest BCUT2D eigenvalue weighted by Crippen LogP contribution is 2.23. The fourth-order valence-corrected chi connectivity index (χ4v) is 4.19. The van der Waals surface area contributed by atoms with Crippen molar-refractivity contribution in [3.8, 4) is 0 Å². The molecule has 2 aromatic heterocycles. The van der Waals surface area contributed by atoms with Crippen molar-refractivity contribution in [3.63, 3.8) is 0 Å². The molecule has 4 heterocycles. The summed E-state index contributed by atoms with van der Waals surface area (Å²) in [6, 6.07) is 4.26. The molecule has 1 fully saturated rings. The quantitative estimate of drug-likeness (QED) is 0.851. The molecule has 24 heavy (non-hydrogen) atoms. The summed E-state index contributed by atoms with van der Waals surface area (Å²) in [5.41, 5.74) is 1.30. The Labute approximate surface area is 145 Å². The molecule has 0 bridgehead atoms. The van der Waals surface area contributed by atoms with Crippen LogP contribution in [-0.4, -0.2) is 45.1 Å². The summed E-state index contributed by atoms with van der Waals surface area (Å²) >= 11 is 1.69. The molecule has 1 unspecified atom stereocenters. The van der Waals surface area contributed by atoms with E-state index >= 15 is 0 Å². The second-order valence-electron chi connectivity index (χ2n) is 6.50. The first-order chi connectivity index (χ1) is 11.8. The van der Waals surface area contributed by atoms with Gasteiger partial charge in [-0.25, -0.2) is 10.0 Å². The van der Waals surface area contributed by atoms with Crippen molar-refractivity contribution in [1.82, 2.24) is 19.5 Å². The fourth-order valence-electron chi connectivity index (χ4n) is 3.53. The number of carbonyl (C=O) groups is 1. The standard InChI is InChI=1S/C17H22N4O2S/c22-17(21-6-2-7-23-21)9-14-10-19(13-16-18-4-8-24-16)12-15-3-1-5-20(15)11-14/h1,3-5,8,14H,2,6-7,9-13H2. The van der Waals surface area contributed by atoms with Crippen molar-refractivity contribution < 1.29 is 9.63 Å². The highest BCUT2D eigenvalue weighted by molar-refractivity contribution is 7.09. The first-order valence-electron chi connectivity index (χ1n) is 8.46. The molecule has 6 nitrogen and oxygen atoms in total. The van der Waals surface area contributed by atoms with Crippen molar-refractivity contribution >= 4 is 17.2 Å². The molecule has 0 aromatic carbocycles. The average molecular weight is 346 g/mol. The second kappa shape index (κ2) is 7.04. The van der Waals surface area contributed by atoms with Crippen LogP contribution in [0.3, 0.4) is 0 Å². The van der Waals surface area contributed by atoms with Crippen LogP contribution in [0.4, 0.5) is 0 Å². The molecule has 1 amide bonds. The zero-order valence-corrected chi connectivity index (χ0v) is 14.5. The van der Waals surface area contributed by atoms with Crippen molar-refractivity contribution in [2.24, 2.45) is 5.92 Å². The first-order valence-corrected chi connectivity index (χ1v) is 9.34. The van der Waals surface area contributed by atoms with Crippen LogP contribution in [0.25, 0.3) is 0 Å². The van der Waals surface area contributed by atoms with Gasteiger partial charge < -0.3 is 4.57 Å². The van der Waals surface area contributed by atoms with Crippen LogP contribution in [0.5, 0.6) is 0 Å². The van der Waals surface area contributed by atoms with Gasteiger partial charge in [0.1, 0.15) is 5.01 Å². The Balaban J connectivity index is 1.47. The Morgan fingerprint density at radius 3 is 3.17 bits per heavy atom. The van der Waals surface area contributed by atoms with Crippen LogP contribution in [0.1, 0.15) is 23.5 Å². The van der Waals surface area contributed by atoms with Crippen LogP contribution in [-0.2, 0) is 29.3 Å². The van der Waals surface area contributed by atoms with E-state index in [-0.39, 0.29) is 11.8 Å². The number of fused-ring (bicyclic) bond motifs is 1. The number of thiazole rings is 1. The highest BCUT2D eigenvalue weighted by Gasteiger charge is 2.27. The van der Waals surface area contributed by atoms with Gasteiger partial charge in [0.2, 0.25) is 5.91 Å². The van der Waals surface area contributed by atoms with Crippen LogP contribution in [0.15, 0.2) is 29.9 Å². The Hall–Kier alpha value is -1.70. The summed E-state index contributed by atoms with van der Waals surface area (Å²) in [5.74, 6) is 0.401. The van der Waals surface area contributed by atoms with Gasteiger partial charge in [-0.1, -0.05) is 0 Å². The average Bonchev–Trinajstić information content (AvgIpc) is 3.29. The van der Waals surface area contributed by atoms with Crippen molar-refractivity contribution in [2.75, 3.05) is 19.7 Å². The van der Waals surface area contributed by atoms with Gasteiger partial charge in [-0.3, -0.25) is 14.5 Å². The normalized spacial score (nSPS) is 21.7. The lowest BCUT2D eigenvalue weighted by Gasteiger charge is -2.24. The van der Waals surface area contributed by atoms with Gasteiger partial charge >= 0.3 is 0 Å². The maximum Gasteiger partial charge on any atom is 0.246 e. The smallest absolute Gasteiger partial charge is 0.246 e. The monoisotopic (exact) mass is 346 g/mol. The Kier molecular flexibility index (Phi) is 4.64. The lowest BCUT2D eigenvalue weighted by molar-refractivity contribution is -0.170. The number of aromatic nitrogens is 2. The molecule has 2 aromatic rings. The van der Waals surface area contributed by atoms with Crippen LogP contribution >= 0.6 is 11.3 Å². The summed E-state index contributed by atoms with van der Waals surface area (Å²) in [6.45, 7) is 4.92. The predicted octanol–water partition coefficient (Wildman–Crippen LogP) is 2.13. The zero-order chi connectivity index (χ0) is 16.4. The molecule has 2 aliphatic rings. The van der Waals surface area contributed by atoms with Gasteiger partial charge in [-0.05, 0) is 24.5 Å². The fraction of sp³-hybridized carbons (Fsp3) is 0.529. The largest absolute Gasteiger partial charge is 0.350 e. The predicted molar refractivity (Wildman–Crippen MR) is 91.0 cm³/mol. The van der Waals surface area contributed by atoms with E-state index in [1.54, 1.807) is 16.4 Å². The Bertz CT molecular complexity index is 679. The van der Waals surface area contributed by atoms with E-state index in [1.807, 2.05) is 11.6 Å². The highest BCUT2D eigenvalue weighted by atomic mass is 32.1. The topological polar surface area (TPSA) is 50.6 Å². The third-order valence-corrected chi connectivity index (χ3v) is 5.38. The summed E-state index contributed by atoms with van der Waals surface area (Å²) in [7, 11) is 0. The molecular formula is C17H22N4O2S.